The van der Waals surface area contributed by atoms with Crippen molar-refractivity contribution in [2.45, 2.75) is 70.8 Å². The number of unbranched alkanes of at least 4 members (excludes halogenated alkanes) is 2. The van der Waals surface area contributed by atoms with E-state index in [4.69, 9.17) is 28.9 Å². The number of hydrogen-bond acceptors (Lipinski definition) is 4. The molecule has 0 aromatic heterocycles. The molecular formula is C24H40Cl2N4O. The SMILES string of the molecule is CCN1CCN(c2cccc(Cl)c2Cl)CC1.NCCCCCC(=O)NC1CCCCC1. The summed E-state index contributed by atoms with van der Waals surface area (Å²) < 4.78 is 0. The number of anilines is 1. The van der Waals surface area contributed by atoms with Crippen molar-refractivity contribution in [3.63, 3.8) is 0 Å². The van der Waals surface area contributed by atoms with E-state index in [1.807, 2.05) is 18.2 Å². The van der Waals surface area contributed by atoms with E-state index in [0.29, 0.717) is 22.5 Å². The lowest BCUT2D eigenvalue weighted by Gasteiger charge is -2.36. The number of carbonyl (C=O) groups excluding carboxylic acids is 1. The predicted molar refractivity (Wildman–Crippen MR) is 133 cm³/mol. The van der Waals surface area contributed by atoms with Crippen LogP contribution in [0.1, 0.15) is 64.7 Å². The summed E-state index contributed by atoms with van der Waals surface area (Å²) in [5.41, 5.74) is 6.45. The van der Waals surface area contributed by atoms with Gasteiger partial charge < -0.3 is 20.9 Å². The molecule has 3 N–H and O–H groups in total. The van der Waals surface area contributed by atoms with Gasteiger partial charge in [-0.1, -0.05) is 61.9 Å². The van der Waals surface area contributed by atoms with Gasteiger partial charge in [0.1, 0.15) is 0 Å². The van der Waals surface area contributed by atoms with Gasteiger partial charge in [0, 0.05) is 38.6 Å². The summed E-state index contributed by atoms with van der Waals surface area (Å²) in [5, 5.41) is 4.44. The van der Waals surface area contributed by atoms with E-state index in [9.17, 15) is 4.79 Å². The molecule has 1 saturated heterocycles. The van der Waals surface area contributed by atoms with Gasteiger partial charge in [0.15, 0.2) is 0 Å². The van der Waals surface area contributed by atoms with E-state index in [1.165, 1.54) is 32.1 Å². The summed E-state index contributed by atoms with van der Waals surface area (Å²) >= 11 is 12.2. The Balaban J connectivity index is 0.000000221. The van der Waals surface area contributed by atoms with Crippen LogP contribution in [0.25, 0.3) is 0 Å². The average Bonchev–Trinajstić information content (AvgIpc) is 2.80. The number of benzene rings is 1. The number of rotatable bonds is 8. The van der Waals surface area contributed by atoms with Crippen LogP contribution in [0.3, 0.4) is 0 Å². The van der Waals surface area contributed by atoms with Crippen LogP contribution in [0.15, 0.2) is 18.2 Å². The molecule has 1 aliphatic heterocycles. The minimum atomic E-state index is 0.235. The lowest BCUT2D eigenvalue weighted by molar-refractivity contribution is -0.122. The minimum absolute atomic E-state index is 0.235. The minimum Gasteiger partial charge on any atom is -0.368 e. The molecule has 2 fully saturated rings. The lowest BCUT2D eigenvalue weighted by Crippen LogP contribution is -2.46. The van der Waals surface area contributed by atoms with Gasteiger partial charge in [-0.15, -0.1) is 0 Å². The molecule has 1 aliphatic carbocycles. The number of piperazine rings is 1. The van der Waals surface area contributed by atoms with Crippen LogP contribution in [-0.4, -0.2) is 56.1 Å². The Kier molecular flexibility index (Phi) is 12.6. The van der Waals surface area contributed by atoms with Crippen LogP contribution in [-0.2, 0) is 4.79 Å². The Labute approximate surface area is 198 Å². The molecule has 1 amide bonds. The number of nitrogens with two attached hydrogens (primary N) is 1. The van der Waals surface area contributed by atoms with E-state index < -0.39 is 0 Å². The Morgan fingerprint density at radius 3 is 2.42 bits per heavy atom. The van der Waals surface area contributed by atoms with Crippen molar-refractivity contribution in [3.8, 4) is 0 Å². The fraction of sp³-hybridized carbons (Fsp3) is 0.708. The van der Waals surface area contributed by atoms with Gasteiger partial charge >= 0.3 is 0 Å². The number of nitrogens with one attached hydrogen (secondary N) is 1. The summed E-state index contributed by atoms with van der Waals surface area (Å²) in [4.78, 5) is 16.3. The number of amides is 1. The molecule has 2 aliphatic rings. The molecule has 31 heavy (non-hydrogen) atoms. The van der Waals surface area contributed by atoms with Gasteiger partial charge in [0.25, 0.3) is 0 Å². The Hall–Kier alpha value is -1.01. The predicted octanol–water partition coefficient (Wildman–Crippen LogP) is 5.09. The van der Waals surface area contributed by atoms with Crippen molar-refractivity contribution in [1.82, 2.24) is 10.2 Å². The zero-order valence-corrected chi connectivity index (χ0v) is 20.6. The van der Waals surface area contributed by atoms with Crippen molar-refractivity contribution in [2.75, 3.05) is 44.2 Å². The van der Waals surface area contributed by atoms with Crippen LogP contribution in [0.5, 0.6) is 0 Å². The van der Waals surface area contributed by atoms with Crippen LogP contribution in [0.2, 0.25) is 10.0 Å². The molecule has 0 atom stereocenters. The summed E-state index contributed by atoms with van der Waals surface area (Å²) in [7, 11) is 0. The number of likely N-dealkylation sites (N-methyl/N-ethyl adjacent to an activating group) is 1. The standard InChI is InChI=1S/C12H16Cl2N2.C12H24N2O/c1-2-15-6-8-16(9-7-15)11-5-3-4-10(13)12(11)14;13-10-6-2-5-9-12(15)14-11-7-3-1-4-8-11/h3-5H,2,6-9H2,1H3;11H,1-10,13H2,(H,14,15). The maximum Gasteiger partial charge on any atom is 0.220 e. The molecule has 1 heterocycles. The first-order valence-corrected chi connectivity index (χ1v) is 12.7. The highest BCUT2D eigenvalue weighted by molar-refractivity contribution is 6.43. The first kappa shape index (κ1) is 26.2. The molecule has 1 aromatic rings. The lowest BCUT2D eigenvalue weighted by atomic mass is 9.95. The second kappa shape index (κ2) is 14.9. The second-order valence-corrected chi connectivity index (χ2v) is 9.28. The summed E-state index contributed by atoms with van der Waals surface area (Å²) in [6.45, 7) is 8.30. The summed E-state index contributed by atoms with van der Waals surface area (Å²) in [6.07, 6.45) is 10.0. The van der Waals surface area contributed by atoms with Gasteiger partial charge in [-0.25, -0.2) is 0 Å². The number of nitrogens with zero attached hydrogens (tertiary/aromatic N) is 2. The van der Waals surface area contributed by atoms with Crippen LogP contribution in [0, 0.1) is 0 Å². The van der Waals surface area contributed by atoms with E-state index in [2.05, 4.69) is 22.0 Å². The highest BCUT2D eigenvalue weighted by atomic mass is 35.5. The Bertz CT molecular complexity index is 644. The van der Waals surface area contributed by atoms with E-state index >= 15 is 0 Å². The molecule has 3 rings (SSSR count). The zero-order valence-electron chi connectivity index (χ0n) is 19.1. The first-order valence-electron chi connectivity index (χ1n) is 12.0. The van der Waals surface area contributed by atoms with Gasteiger partial charge in [0.05, 0.1) is 15.7 Å². The molecule has 1 aromatic carbocycles. The van der Waals surface area contributed by atoms with Crippen LogP contribution < -0.4 is 16.0 Å². The molecule has 0 spiro atoms. The van der Waals surface area contributed by atoms with Crippen LogP contribution >= 0.6 is 23.2 Å². The molecule has 5 nitrogen and oxygen atoms in total. The van der Waals surface area contributed by atoms with Gasteiger partial charge in [-0.3, -0.25) is 4.79 Å². The number of halogens is 2. The van der Waals surface area contributed by atoms with Crippen molar-refractivity contribution >= 4 is 34.8 Å². The highest BCUT2D eigenvalue weighted by Gasteiger charge is 2.18. The second-order valence-electron chi connectivity index (χ2n) is 8.50. The maximum absolute atomic E-state index is 11.5. The third-order valence-corrected chi connectivity index (χ3v) is 6.98. The molecule has 176 valence electrons. The van der Waals surface area contributed by atoms with Crippen molar-refractivity contribution in [1.29, 1.82) is 0 Å². The van der Waals surface area contributed by atoms with Crippen molar-refractivity contribution < 1.29 is 4.79 Å². The summed E-state index contributed by atoms with van der Waals surface area (Å²) in [6, 6.07) is 6.28. The monoisotopic (exact) mass is 470 g/mol. The zero-order chi connectivity index (χ0) is 22.5. The van der Waals surface area contributed by atoms with E-state index in [1.54, 1.807) is 0 Å². The largest absolute Gasteiger partial charge is 0.368 e. The van der Waals surface area contributed by atoms with Gasteiger partial charge in [0.2, 0.25) is 5.91 Å². The fourth-order valence-electron chi connectivity index (χ4n) is 4.20. The smallest absolute Gasteiger partial charge is 0.220 e. The average molecular weight is 472 g/mol. The number of carbonyl (C=O) groups is 1. The van der Waals surface area contributed by atoms with E-state index in [-0.39, 0.29) is 5.91 Å². The maximum atomic E-state index is 11.5. The van der Waals surface area contributed by atoms with Crippen molar-refractivity contribution in [2.24, 2.45) is 5.73 Å². The molecule has 7 heteroatoms. The Morgan fingerprint density at radius 2 is 1.77 bits per heavy atom. The Morgan fingerprint density at radius 1 is 1.06 bits per heavy atom. The first-order chi connectivity index (χ1) is 15.0. The molecule has 0 bridgehead atoms. The molecule has 0 radical (unpaired) electrons. The molecule has 0 unspecified atom stereocenters. The van der Waals surface area contributed by atoms with Crippen LogP contribution in [0.4, 0.5) is 5.69 Å². The normalized spacial score (nSPS) is 17.7. The fourth-order valence-corrected chi connectivity index (χ4v) is 4.61. The van der Waals surface area contributed by atoms with Gasteiger partial charge in [-0.05, 0) is 50.9 Å². The molecular weight excluding hydrogens is 431 g/mol. The third kappa shape index (κ3) is 9.56. The quantitative estimate of drug-likeness (QED) is 0.519. The summed E-state index contributed by atoms with van der Waals surface area (Å²) in [5.74, 6) is 0.235. The number of hydrogen-bond donors (Lipinski definition) is 2. The molecule has 1 saturated carbocycles. The highest BCUT2D eigenvalue weighted by Crippen LogP contribution is 2.32. The van der Waals surface area contributed by atoms with Crippen molar-refractivity contribution in [3.05, 3.63) is 28.2 Å². The van der Waals surface area contributed by atoms with Gasteiger partial charge in [-0.2, -0.15) is 0 Å². The topological polar surface area (TPSA) is 61.6 Å². The van der Waals surface area contributed by atoms with E-state index in [0.717, 1.165) is 64.2 Å². The third-order valence-electron chi connectivity index (χ3n) is 6.17.